The topological polar surface area (TPSA) is 9.23 Å². The van der Waals surface area contributed by atoms with E-state index in [1.807, 2.05) is 0 Å². The van der Waals surface area contributed by atoms with Crippen molar-refractivity contribution in [3.05, 3.63) is 41.7 Å². The zero-order valence-electron chi connectivity index (χ0n) is 10.0. The minimum absolute atomic E-state index is 1.01. The summed E-state index contributed by atoms with van der Waals surface area (Å²) in [7, 11) is 0. The fourth-order valence-corrected chi connectivity index (χ4v) is 2.09. The number of rotatable bonds is 5. The van der Waals surface area contributed by atoms with Crippen molar-refractivity contribution in [1.29, 1.82) is 0 Å². The van der Waals surface area contributed by atoms with Gasteiger partial charge in [0, 0.05) is 0 Å². The quantitative estimate of drug-likeness (QED) is 0.668. The van der Waals surface area contributed by atoms with Gasteiger partial charge in [0.2, 0.25) is 0 Å². The van der Waals surface area contributed by atoms with Crippen molar-refractivity contribution < 1.29 is 4.74 Å². The Hall–Kier alpha value is -1.24. The second-order valence-corrected chi connectivity index (χ2v) is 4.45. The minimum atomic E-state index is 1.01. The number of ether oxygens (including phenoxy) is 1. The number of unbranched alkanes of at least 4 members (excludes halogenated alkanes) is 3. The molecule has 16 heavy (non-hydrogen) atoms. The summed E-state index contributed by atoms with van der Waals surface area (Å²) in [6, 6.07) is 6.64. The van der Waals surface area contributed by atoms with E-state index in [4.69, 9.17) is 4.74 Å². The van der Waals surface area contributed by atoms with Crippen molar-refractivity contribution in [2.24, 2.45) is 0 Å². The smallest absolute Gasteiger partial charge is 0.130 e. The number of benzene rings is 1. The second-order valence-electron chi connectivity index (χ2n) is 4.45. The van der Waals surface area contributed by atoms with E-state index < -0.39 is 0 Å². The van der Waals surface area contributed by atoms with Gasteiger partial charge in [0.05, 0.1) is 6.26 Å². The second kappa shape index (κ2) is 5.74. The summed E-state index contributed by atoms with van der Waals surface area (Å²) in [6.07, 6.45) is 11.3. The van der Waals surface area contributed by atoms with Crippen LogP contribution >= 0.6 is 0 Å². The summed E-state index contributed by atoms with van der Waals surface area (Å²) in [5.74, 6) is 1.05. The molecule has 1 nitrogen and oxygen atoms in total. The molecular weight excluding hydrogens is 196 g/mol. The van der Waals surface area contributed by atoms with Gasteiger partial charge >= 0.3 is 0 Å². The highest BCUT2D eigenvalue weighted by atomic mass is 16.5. The summed E-state index contributed by atoms with van der Waals surface area (Å²) >= 11 is 0. The molecule has 0 spiro atoms. The zero-order chi connectivity index (χ0) is 11.2. The number of hydrogen-bond donors (Lipinski definition) is 0. The van der Waals surface area contributed by atoms with Gasteiger partial charge in [0.15, 0.2) is 0 Å². The van der Waals surface area contributed by atoms with Crippen LogP contribution in [0.25, 0.3) is 0 Å². The van der Waals surface area contributed by atoms with Crippen LogP contribution in [-0.2, 0) is 12.8 Å². The average molecular weight is 216 g/mol. The van der Waals surface area contributed by atoms with Gasteiger partial charge in [-0.15, -0.1) is 0 Å². The van der Waals surface area contributed by atoms with Crippen molar-refractivity contribution in [3.63, 3.8) is 0 Å². The van der Waals surface area contributed by atoms with Gasteiger partial charge in [0.25, 0.3) is 0 Å². The third-order valence-corrected chi connectivity index (χ3v) is 3.08. The van der Waals surface area contributed by atoms with Crippen LogP contribution in [0.5, 0.6) is 5.75 Å². The van der Waals surface area contributed by atoms with Crippen LogP contribution in [0.4, 0.5) is 0 Å². The Bertz CT molecular complexity index is 366. The highest BCUT2D eigenvalue weighted by Crippen LogP contribution is 2.25. The predicted molar refractivity (Wildman–Crippen MR) is 67.8 cm³/mol. The molecule has 0 saturated heterocycles. The minimum Gasteiger partial charge on any atom is -0.465 e. The molecule has 1 aliphatic rings. The molecule has 0 bridgehead atoms. The van der Waals surface area contributed by atoms with E-state index in [1.165, 1.54) is 43.2 Å². The lowest BCUT2D eigenvalue weighted by Crippen LogP contribution is -1.97. The van der Waals surface area contributed by atoms with Gasteiger partial charge in [-0.1, -0.05) is 38.3 Å². The first kappa shape index (κ1) is 11.3. The SMILES string of the molecule is CCCCCCc1ccc2c(c1)OC=CC2. The summed E-state index contributed by atoms with van der Waals surface area (Å²) in [4.78, 5) is 0. The number of fused-ring (bicyclic) bond motifs is 1. The molecule has 86 valence electrons. The summed E-state index contributed by atoms with van der Waals surface area (Å²) < 4.78 is 5.51. The van der Waals surface area contributed by atoms with Gasteiger partial charge in [0.1, 0.15) is 5.75 Å². The third kappa shape index (κ3) is 2.88. The Morgan fingerprint density at radius 1 is 1.19 bits per heavy atom. The maximum Gasteiger partial charge on any atom is 0.130 e. The van der Waals surface area contributed by atoms with Crippen LogP contribution in [0.1, 0.15) is 43.7 Å². The Kier molecular flexibility index (Phi) is 4.03. The van der Waals surface area contributed by atoms with E-state index in [0.717, 1.165) is 12.2 Å². The fourth-order valence-electron chi connectivity index (χ4n) is 2.09. The normalized spacial score (nSPS) is 13.3. The maximum absolute atomic E-state index is 5.51. The number of hydrogen-bond acceptors (Lipinski definition) is 1. The number of allylic oxidation sites excluding steroid dienone is 1. The first-order valence-corrected chi connectivity index (χ1v) is 6.33. The highest BCUT2D eigenvalue weighted by Gasteiger charge is 2.06. The molecule has 1 heteroatoms. The van der Waals surface area contributed by atoms with Crippen LogP contribution in [0, 0.1) is 0 Å². The van der Waals surface area contributed by atoms with E-state index >= 15 is 0 Å². The molecular formula is C15H20O. The third-order valence-electron chi connectivity index (χ3n) is 3.08. The fraction of sp³-hybridized carbons (Fsp3) is 0.467. The predicted octanol–water partition coefficient (Wildman–Crippen LogP) is 4.26. The summed E-state index contributed by atoms with van der Waals surface area (Å²) in [5.41, 5.74) is 2.71. The molecule has 0 unspecified atom stereocenters. The molecule has 0 atom stereocenters. The largest absolute Gasteiger partial charge is 0.465 e. The van der Waals surface area contributed by atoms with Crippen LogP contribution in [0.3, 0.4) is 0 Å². The summed E-state index contributed by atoms with van der Waals surface area (Å²) in [6.45, 7) is 2.25. The lowest BCUT2D eigenvalue weighted by atomic mass is 10.0. The molecule has 1 heterocycles. The lowest BCUT2D eigenvalue weighted by molar-refractivity contribution is 0.463. The van der Waals surface area contributed by atoms with Gasteiger partial charge in [-0.3, -0.25) is 0 Å². The Morgan fingerprint density at radius 3 is 3.00 bits per heavy atom. The van der Waals surface area contributed by atoms with E-state index in [9.17, 15) is 0 Å². The molecule has 0 aliphatic carbocycles. The van der Waals surface area contributed by atoms with E-state index in [1.54, 1.807) is 6.26 Å². The maximum atomic E-state index is 5.51. The van der Waals surface area contributed by atoms with Crippen LogP contribution in [0.15, 0.2) is 30.5 Å². The van der Waals surface area contributed by atoms with Crippen molar-refractivity contribution in [2.75, 3.05) is 0 Å². The zero-order valence-corrected chi connectivity index (χ0v) is 10.0. The Morgan fingerprint density at radius 2 is 2.12 bits per heavy atom. The molecule has 1 aromatic rings. The van der Waals surface area contributed by atoms with Crippen molar-refractivity contribution in [1.82, 2.24) is 0 Å². The van der Waals surface area contributed by atoms with Crippen LogP contribution in [-0.4, -0.2) is 0 Å². The van der Waals surface area contributed by atoms with Crippen molar-refractivity contribution in [3.8, 4) is 5.75 Å². The molecule has 0 amide bonds. The Balaban J connectivity index is 1.91. The highest BCUT2D eigenvalue weighted by molar-refractivity contribution is 5.40. The molecule has 0 fully saturated rings. The van der Waals surface area contributed by atoms with Crippen LogP contribution in [0.2, 0.25) is 0 Å². The van der Waals surface area contributed by atoms with Gasteiger partial charge in [-0.25, -0.2) is 0 Å². The first-order valence-electron chi connectivity index (χ1n) is 6.33. The van der Waals surface area contributed by atoms with Crippen molar-refractivity contribution in [2.45, 2.75) is 45.4 Å². The standard InChI is InChI=1S/C15H20O/c1-2-3-4-5-7-13-9-10-14-8-6-11-16-15(14)12-13/h6,9-12H,2-5,7-8H2,1H3. The molecule has 0 aromatic heterocycles. The van der Waals surface area contributed by atoms with Crippen molar-refractivity contribution >= 4 is 0 Å². The molecule has 1 aliphatic heterocycles. The Labute approximate surface area is 98.1 Å². The molecule has 0 N–H and O–H groups in total. The van der Waals surface area contributed by atoms with Crippen LogP contribution < -0.4 is 4.74 Å². The molecule has 0 saturated carbocycles. The van der Waals surface area contributed by atoms with Gasteiger partial charge in [-0.2, -0.15) is 0 Å². The molecule has 2 rings (SSSR count). The van der Waals surface area contributed by atoms with Gasteiger partial charge < -0.3 is 4.74 Å². The first-order chi connectivity index (χ1) is 7.90. The monoisotopic (exact) mass is 216 g/mol. The molecule has 0 radical (unpaired) electrons. The molecule has 1 aromatic carbocycles. The average Bonchev–Trinajstić information content (AvgIpc) is 2.34. The van der Waals surface area contributed by atoms with E-state index in [2.05, 4.69) is 31.2 Å². The number of aryl methyl sites for hydroxylation is 1. The van der Waals surface area contributed by atoms with E-state index in [0.29, 0.717) is 0 Å². The van der Waals surface area contributed by atoms with E-state index in [-0.39, 0.29) is 0 Å². The summed E-state index contributed by atoms with van der Waals surface area (Å²) in [5, 5.41) is 0. The van der Waals surface area contributed by atoms with Gasteiger partial charge in [-0.05, 0) is 42.5 Å². The lowest BCUT2D eigenvalue weighted by Gasteiger charge is -2.13.